The van der Waals surface area contributed by atoms with E-state index in [9.17, 15) is 4.79 Å². The Labute approximate surface area is 148 Å². The molecular weight excluding hydrogens is 318 g/mol. The number of aryl methyl sites for hydroxylation is 1. The number of carbonyl (C=O) groups excluding carboxylic acids is 1. The molecule has 3 rings (SSSR count). The van der Waals surface area contributed by atoms with E-state index < -0.39 is 0 Å². The van der Waals surface area contributed by atoms with Crippen LogP contribution in [0.25, 0.3) is 0 Å². The highest BCUT2D eigenvalue weighted by molar-refractivity contribution is 7.07. The first-order chi connectivity index (χ1) is 11.6. The Morgan fingerprint density at radius 2 is 1.96 bits per heavy atom. The SMILES string of the molecule is Cc1ccccc1NC(=O)[C@@H](C)N1CCN(Cc2ccsc2)CC1. The van der Waals surface area contributed by atoms with Crippen LogP contribution in [0.3, 0.4) is 0 Å². The summed E-state index contributed by atoms with van der Waals surface area (Å²) in [6.45, 7) is 8.93. The number of benzene rings is 1. The number of nitrogens with one attached hydrogen (secondary N) is 1. The molecule has 5 heteroatoms. The van der Waals surface area contributed by atoms with Gasteiger partial charge in [0.05, 0.1) is 6.04 Å². The van der Waals surface area contributed by atoms with Crippen molar-refractivity contribution in [1.29, 1.82) is 0 Å². The maximum Gasteiger partial charge on any atom is 0.241 e. The van der Waals surface area contributed by atoms with Crippen molar-refractivity contribution in [3.05, 3.63) is 52.2 Å². The number of piperazine rings is 1. The molecule has 1 atom stereocenters. The highest BCUT2D eigenvalue weighted by atomic mass is 32.1. The standard InChI is InChI=1S/C19H25N3OS/c1-15-5-3-4-6-18(15)20-19(23)16(2)22-10-8-21(9-11-22)13-17-7-12-24-14-17/h3-7,12,14,16H,8-11,13H2,1-2H3,(H,20,23)/t16-/m1/s1. The lowest BCUT2D eigenvalue weighted by Gasteiger charge is -2.37. The molecule has 0 radical (unpaired) electrons. The van der Waals surface area contributed by atoms with Crippen LogP contribution in [0.2, 0.25) is 0 Å². The van der Waals surface area contributed by atoms with E-state index in [-0.39, 0.29) is 11.9 Å². The Bertz CT molecular complexity index is 663. The normalized spacial score (nSPS) is 17.6. The van der Waals surface area contributed by atoms with Gasteiger partial charge >= 0.3 is 0 Å². The van der Waals surface area contributed by atoms with Crippen molar-refractivity contribution in [1.82, 2.24) is 9.80 Å². The van der Waals surface area contributed by atoms with Crippen LogP contribution < -0.4 is 5.32 Å². The van der Waals surface area contributed by atoms with Crippen molar-refractivity contribution in [3.63, 3.8) is 0 Å². The summed E-state index contributed by atoms with van der Waals surface area (Å²) >= 11 is 1.75. The van der Waals surface area contributed by atoms with Crippen LogP contribution in [-0.2, 0) is 11.3 Å². The molecule has 1 aliphatic heterocycles. The third kappa shape index (κ3) is 4.23. The van der Waals surface area contributed by atoms with Gasteiger partial charge in [0.1, 0.15) is 0 Å². The number of para-hydroxylation sites is 1. The molecule has 0 saturated carbocycles. The molecule has 1 saturated heterocycles. The molecule has 4 nitrogen and oxygen atoms in total. The van der Waals surface area contributed by atoms with E-state index in [1.165, 1.54) is 5.56 Å². The Morgan fingerprint density at radius 1 is 1.21 bits per heavy atom. The summed E-state index contributed by atoms with van der Waals surface area (Å²) in [6, 6.07) is 10.0. The van der Waals surface area contributed by atoms with Gasteiger partial charge in [-0.05, 0) is 47.9 Å². The number of carbonyl (C=O) groups is 1. The molecule has 2 heterocycles. The van der Waals surface area contributed by atoms with Crippen molar-refractivity contribution in [2.75, 3.05) is 31.5 Å². The number of hydrogen-bond acceptors (Lipinski definition) is 4. The predicted octanol–water partition coefficient (Wildman–Crippen LogP) is 3.20. The zero-order valence-corrected chi connectivity index (χ0v) is 15.2. The third-order valence-corrected chi connectivity index (χ3v) is 5.46. The summed E-state index contributed by atoms with van der Waals surface area (Å²) < 4.78 is 0. The molecule has 1 N–H and O–H groups in total. The lowest BCUT2D eigenvalue weighted by molar-refractivity contribution is -0.121. The number of thiophene rings is 1. The van der Waals surface area contributed by atoms with E-state index in [4.69, 9.17) is 0 Å². The summed E-state index contributed by atoms with van der Waals surface area (Å²) in [5.41, 5.74) is 3.39. The fourth-order valence-corrected chi connectivity index (χ4v) is 3.73. The lowest BCUT2D eigenvalue weighted by Crippen LogP contribution is -2.52. The first-order valence-corrected chi connectivity index (χ1v) is 9.42. The fourth-order valence-electron chi connectivity index (χ4n) is 3.07. The summed E-state index contributed by atoms with van der Waals surface area (Å²) in [7, 11) is 0. The first-order valence-electron chi connectivity index (χ1n) is 8.47. The van der Waals surface area contributed by atoms with Crippen molar-refractivity contribution >= 4 is 22.9 Å². The van der Waals surface area contributed by atoms with Crippen molar-refractivity contribution < 1.29 is 4.79 Å². The minimum absolute atomic E-state index is 0.0792. The van der Waals surface area contributed by atoms with Crippen LogP contribution >= 0.6 is 11.3 Å². The number of anilines is 1. The van der Waals surface area contributed by atoms with Gasteiger partial charge in [0, 0.05) is 38.4 Å². The van der Waals surface area contributed by atoms with E-state index in [1.54, 1.807) is 11.3 Å². The monoisotopic (exact) mass is 343 g/mol. The van der Waals surface area contributed by atoms with E-state index in [1.807, 2.05) is 38.1 Å². The van der Waals surface area contributed by atoms with E-state index in [0.717, 1.165) is 44.0 Å². The van der Waals surface area contributed by atoms with E-state index >= 15 is 0 Å². The number of nitrogens with zero attached hydrogens (tertiary/aromatic N) is 2. The van der Waals surface area contributed by atoms with Gasteiger partial charge in [-0.1, -0.05) is 18.2 Å². The minimum Gasteiger partial charge on any atom is -0.324 e. The first kappa shape index (κ1) is 17.1. The van der Waals surface area contributed by atoms with Crippen LogP contribution in [0, 0.1) is 6.92 Å². The fraction of sp³-hybridized carbons (Fsp3) is 0.421. The molecule has 0 aliphatic carbocycles. The maximum atomic E-state index is 12.5. The molecule has 1 amide bonds. The van der Waals surface area contributed by atoms with Crippen LogP contribution in [0.5, 0.6) is 0 Å². The molecule has 128 valence electrons. The molecule has 0 spiro atoms. The Hall–Kier alpha value is -1.69. The summed E-state index contributed by atoms with van der Waals surface area (Å²) in [5, 5.41) is 7.40. The van der Waals surface area contributed by atoms with Crippen LogP contribution in [0.1, 0.15) is 18.1 Å². The minimum atomic E-state index is -0.104. The zero-order valence-electron chi connectivity index (χ0n) is 14.4. The highest BCUT2D eigenvalue weighted by Gasteiger charge is 2.25. The molecule has 1 fully saturated rings. The summed E-state index contributed by atoms with van der Waals surface area (Å²) in [4.78, 5) is 17.3. The zero-order chi connectivity index (χ0) is 16.9. The van der Waals surface area contributed by atoms with Crippen LogP contribution in [0.4, 0.5) is 5.69 Å². The average molecular weight is 343 g/mol. The topological polar surface area (TPSA) is 35.6 Å². The molecule has 0 bridgehead atoms. The Morgan fingerprint density at radius 3 is 2.62 bits per heavy atom. The molecule has 2 aromatic rings. The van der Waals surface area contributed by atoms with E-state index in [2.05, 4.69) is 31.9 Å². The molecule has 0 unspecified atom stereocenters. The summed E-state index contributed by atoms with van der Waals surface area (Å²) in [5.74, 6) is 0.0792. The molecule has 1 aromatic carbocycles. The largest absolute Gasteiger partial charge is 0.324 e. The third-order valence-electron chi connectivity index (χ3n) is 4.72. The van der Waals surface area contributed by atoms with Crippen LogP contribution in [-0.4, -0.2) is 47.9 Å². The van der Waals surface area contributed by atoms with Gasteiger partial charge in [0.25, 0.3) is 0 Å². The van der Waals surface area contributed by atoms with Gasteiger partial charge in [-0.2, -0.15) is 11.3 Å². The van der Waals surface area contributed by atoms with Gasteiger partial charge in [-0.15, -0.1) is 0 Å². The average Bonchev–Trinajstić information content (AvgIpc) is 3.10. The van der Waals surface area contributed by atoms with Gasteiger partial charge in [0.2, 0.25) is 5.91 Å². The lowest BCUT2D eigenvalue weighted by atomic mass is 10.1. The number of amides is 1. The maximum absolute atomic E-state index is 12.5. The van der Waals surface area contributed by atoms with Crippen LogP contribution in [0.15, 0.2) is 41.1 Å². The number of rotatable bonds is 5. The second-order valence-corrected chi connectivity index (χ2v) is 7.20. The molecule has 1 aliphatic rings. The summed E-state index contributed by atoms with van der Waals surface area (Å²) in [6.07, 6.45) is 0. The quantitative estimate of drug-likeness (QED) is 0.905. The van der Waals surface area contributed by atoms with Gasteiger partial charge in [-0.3, -0.25) is 14.6 Å². The Balaban J connectivity index is 1.50. The Kier molecular flexibility index (Phi) is 5.66. The van der Waals surface area contributed by atoms with Gasteiger partial charge in [-0.25, -0.2) is 0 Å². The van der Waals surface area contributed by atoms with E-state index in [0.29, 0.717) is 0 Å². The van der Waals surface area contributed by atoms with Crippen molar-refractivity contribution in [2.45, 2.75) is 26.4 Å². The smallest absolute Gasteiger partial charge is 0.241 e. The molecule has 1 aromatic heterocycles. The van der Waals surface area contributed by atoms with Gasteiger partial charge < -0.3 is 5.32 Å². The van der Waals surface area contributed by atoms with Crippen molar-refractivity contribution in [3.8, 4) is 0 Å². The number of hydrogen-bond donors (Lipinski definition) is 1. The van der Waals surface area contributed by atoms with Gasteiger partial charge in [0.15, 0.2) is 0 Å². The molecular formula is C19H25N3OS. The molecule has 24 heavy (non-hydrogen) atoms. The van der Waals surface area contributed by atoms with Crippen molar-refractivity contribution in [2.24, 2.45) is 0 Å². The second-order valence-electron chi connectivity index (χ2n) is 6.42. The highest BCUT2D eigenvalue weighted by Crippen LogP contribution is 2.16. The second kappa shape index (κ2) is 7.92. The predicted molar refractivity (Wildman–Crippen MR) is 100 cm³/mol.